The SMILES string of the molecule is CN(CCBr)c1ncnc2c1cnn2C. The first-order chi connectivity index (χ1) is 7.24. The third-order valence-electron chi connectivity index (χ3n) is 2.29. The summed E-state index contributed by atoms with van der Waals surface area (Å²) in [7, 11) is 3.89. The van der Waals surface area contributed by atoms with Gasteiger partial charge in [-0.3, -0.25) is 4.68 Å². The fourth-order valence-corrected chi connectivity index (χ4v) is 2.02. The summed E-state index contributed by atoms with van der Waals surface area (Å²) in [6.45, 7) is 0.904. The van der Waals surface area contributed by atoms with Crippen molar-refractivity contribution in [2.24, 2.45) is 7.05 Å². The molecule has 6 heteroatoms. The first kappa shape index (κ1) is 10.4. The Morgan fingerprint density at radius 1 is 1.47 bits per heavy atom. The van der Waals surface area contributed by atoms with Gasteiger partial charge in [0.2, 0.25) is 0 Å². The summed E-state index contributed by atoms with van der Waals surface area (Å²) >= 11 is 3.41. The molecule has 15 heavy (non-hydrogen) atoms. The van der Waals surface area contributed by atoms with Gasteiger partial charge in [-0.2, -0.15) is 5.10 Å². The maximum Gasteiger partial charge on any atom is 0.163 e. The predicted octanol–water partition coefficient (Wildman–Crippen LogP) is 1.19. The highest BCUT2D eigenvalue weighted by Gasteiger charge is 2.10. The summed E-state index contributed by atoms with van der Waals surface area (Å²) in [5.74, 6) is 0.924. The number of rotatable bonds is 3. The molecule has 2 heterocycles. The third kappa shape index (κ3) is 1.81. The van der Waals surface area contributed by atoms with E-state index in [1.165, 1.54) is 0 Å². The van der Waals surface area contributed by atoms with Crippen LogP contribution < -0.4 is 4.90 Å². The highest BCUT2D eigenvalue weighted by Crippen LogP contribution is 2.20. The molecular formula is C9H12BrN5. The topological polar surface area (TPSA) is 46.8 Å². The monoisotopic (exact) mass is 269 g/mol. The highest BCUT2D eigenvalue weighted by molar-refractivity contribution is 9.09. The van der Waals surface area contributed by atoms with Gasteiger partial charge >= 0.3 is 0 Å². The number of anilines is 1. The Bertz CT molecular complexity index is 466. The molecule has 0 aromatic carbocycles. The van der Waals surface area contributed by atoms with E-state index in [4.69, 9.17) is 0 Å². The Kier molecular flexibility index (Phi) is 2.86. The fraction of sp³-hybridized carbons (Fsp3) is 0.444. The quantitative estimate of drug-likeness (QED) is 0.786. The van der Waals surface area contributed by atoms with Crippen LogP contribution in [0.5, 0.6) is 0 Å². The molecule has 0 aliphatic rings. The van der Waals surface area contributed by atoms with Gasteiger partial charge in [0.15, 0.2) is 5.65 Å². The van der Waals surface area contributed by atoms with Gasteiger partial charge in [-0.25, -0.2) is 9.97 Å². The molecule has 0 spiro atoms. The number of nitrogens with zero attached hydrogens (tertiary/aromatic N) is 5. The highest BCUT2D eigenvalue weighted by atomic mass is 79.9. The van der Waals surface area contributed by atoms with Gasteiger partial charge in [0.1, 0.15) is 12.1 Å². The van der Waals surface area contributed by atoms with E-state index in [1.807, 2.05) is 14.1 Å². The van der Waals surface area contributed by atoms with Crippen molar-refractivity contribution in [3.8, 4) is 0 Å². The Morgan fingerprint density at radius 2 is 2.27 bits per heavy atom. The van der Waals surface area contributed by atoms with Crippen LogP contribution in [0.2, 0.25) is 0 Å². The molecule has 0 aliphatic heterocycles. The molecule has 5 nitrogen and oxygen atoms in total. The van der Waals surface area contributed by atoms with E-state index < -0.39 is 0 Å². The minimum Gasteiger partial charge on any atom is -0.358 e. The number of alkyl halides is 1. The molecule has 2 rings (SSSR count). The fourth-order valence-electron chi connectivity index (χ4n) is 1.49. The molecular weight excluding hydrogens is 258 g/mol. The molecule has 0 unspecified atom stereocenters. The largest absolute Gasteiger partial charge is 0.358 e. The van der Waals surface area contributed by atoms with E-state index in [0.717, 1.165) is 28.7 Å². The molecule has 2 aromatic rings. The lowest BCUT2D eigenvalue weighted by Crippen LogP contribution is -2.20. The van der Waals surface area contributed by atoms with E-state index in [1.54, 1.807) is 17.2 Å². The summed E-state index contributed by atoms with van der Waals surface area (Å²) in [5.41, 5.74) is 0.862. The number of halogens is 1. The zero-order valence-electron chi connectivity index (χ0n) is 8.68. The van der Waals surface area contributed by atoms with Gasteiger partial charge in [-0.05, 0) is 0 Å². The number of fused-ring (bicyclic) bond motifs is 1. The van der Waals surface area contributed by atoms with Gasteiger partial charge in [0.25, 0.3) is 0 Å². The van der Waals surface area contributed by atoms with Crippen molar-refractivity contribution in [2.45, 2.75) is 0 Å². The summed E-state index contributed by atoms with van der Waals surface area (Å²) in [6, 6.07) is 0. The number of aryl methyl sites for hydroxylation is 1. The average Bonchev–Trinajstić information content (AvgIpc) is 2.61. The van der Waals surface area contributed by atoms with E-state index in [9.17, 15) is 0 Å². The minimum atomic E-state index is 0.862. The van der Waals surface area contributed by atoms with E-state index >= 15 is 0 Å². The normalized spacial score (nSPS) is 10.9. The van der Waals surface area contributed by atoms with Crippen molar-refractivity contribution in [2.75, 3.05) is 23.8 Å². The van der Waals surface area contributed by atoms with Crippen LogP contribution in [0.3, 0.4) is 0 Å². The first-order valence-corrected chi connectivity index (χ1v) is 5.76. The zero-order valence-corrected chi connectivity index (χ0v) is 10.3. The van der Waals surface area contributed by atoms with Gasteiger partial charge in [-0.15, -0.1) is 0 Å². The summed E-state index contributed by atoms with van der Waals surface area (Å²) in [5, 5.41) is 6.08. The molecule has 0 saturated heterocycles. The number of hydrogen-bond donors (Lipinski definition) is 0. The maximum absolute atomic E-state index is 4.28. The second-order valence-corrected chi connectivity index (χ2v) is 4.11. The lowest BCUT2D eigenvalue weighted by molar-refractivity contribution is 0.785. The van der Waals surface area contributed by atoms with Crippen molar-refractivity contribution < 1.29 is 0 Å². The van der Waals surface area contributed by atoms with Crippen LogP contribution >= 0.6 is 15.9 Å². The van der Waals surface area contributed by atoms with Gasteiger partial charge in [-0.1, -0.05) is 15.9 Å². The number of hydrogen-bond acceptors (Lipinski definition) is 4. The summed E-state index contributed by atoms with van der Waals surface area (Å²) in [6.07, 6.45) is 3.37. The predicted molar refractivity (Wildman–Crippen MR) is 63.4 cm³/mol. The van der Waals surface area contributed by atoms with Gasteiger partial charge in [0, 0.05) is 26.0 Å². The van der Waals surface area contributed by atoms with E-state index in [2.05, 4.69) is 35.9 Å². The Hall–Kier alpha value is -1.17. The summed E-state index contributed by atoms with van der Waals surface area (Å²) < 4.78 is 1.75. The van der Waals surface area contributed by atoms with Crippen LogP contribution in [0.4, 0.5) is 5.82 Å². The molecule has 0 atom stereocenters. The Balaban J connectivity index is 2.51. The molecule has 0 amide bonds. The lowest BCUT2D eigenvalue weighted by atomic mass is 10.3. The standard InChI is InChI=1S/C9H12BrN5/c1-14(4-3-10)8-7-5-13-15(2)9(7)12-6-11-8/h5-6H,3-4H2,1-2H3. The zero-order chi connectivity index (χ0) is 10.8. The van der Waals surface area contributed by atoms with Crippen molar-refractivity contribution in [3.63, 3.8) is 0 Å². The Morgan fingerprint density at radius 3 is 3.00 bits per heavy atom. The average molecular weight is 270 g/mol. The molecule has 2 aromatic heterocycles. The second-order valence-electron chi connectivity index (χ2n) is 3.31. The first-order valence-electron chi connectivity index (χ1n) is 4.64. The molecule has 0 aliphatic carbocycles. The van der Waals surface area contributed by atoms with Crippen LogP contribution in [-0.2, 0) is 7.05 Å². The molecule has 0 N–H and O–H groups in total. The molecule has 0 radical (unpaired) electrons. The molecule has 80 valence electrons. The van der Waals surface area contributed by atoms with Crippen molar-refractivity contribution in [1.82, 2.24) is 19.7 Å². The van der Waals surface area contributed by atoms with Crippen LogP contribution in [-0.4, -0.2) is 38.7 Å². The lowest BCUT2D eigenvalue weighted by Gasteiger charge is -2.16. The van der Waals surface area contributed by atoms with E-state index in [0.29, 0.717) is 0 Å². The maximum atomic E-state index is 4.28. The number of aromatic nitrogens is 4. The van der Waals surface area contributed by atoms with Crippen LogP contribution in [0.25, 0.3) is 11.0 Å². The van der Waals surface area contributed by atoms with Crippen LogP contribution in [0.1, 0.15) is 0 Å². The van der Waals surface area contributed by atoms with Crippen molar-refractivity contribution in [3.05, 3.63) is 12.5 Å². The van der Waals surface area contributed by atoms with Gasteiger partial charge < -0.3 is 4.90 Å². The van der Waals surface area contributed by atoms with E-state index in [-0.39, 0.29) is 0 Å². The Labute approximate surface area is 96.2 Å². The molecule has 0 bridgehead atoms. The van der Waals surface area contributed by atoms with Crippen molar-refractivity contribution >= 4 is 32.8 Å². The van der Waals surface area contributed by atoms with Crippen LogP contribution in [0.15, 0.2) is 12.5 Å². The second kappa shape index (κ2) is 4.14. The third-order valence-corrected chi connectivity index (χ3v) is 2.64. The van der Waals surface area contributed by atoms with Crippen molar-refractivity contribution in [1.29, 1.82) is 0 Å². The smallest absolute Gasteiger partial charge is 0.163 e. The van der Waals surface area contributed by atoms with Crippen LogP contribution in [0, 0.1) is 0 Å². The van der Waals surface area contributed by atoms with Gasteiger partial charge in [0.05, 0.1) is 11.6 Å². The molecule has 0 fully saturated rings. The molecule has 0 saturated carbocycles. The summed E-state index contributed by atoms with van der Waals surface area (Å²) in [4.78, 5) is 10.6. The minimum absolute atomic E-state index is 0.862.